The Bertz CT molecular complexity index is 503. The maximum atomic E-state index is 12.9. The molecule has 1 amide bonds. The maximum absolute atomic E-state index is 12.9. The minimum absolute atomic E-state index is 0.0679. The Balaban J connectivity index is 2.27. The third kappa shape index (κ3) is 3.40. The molecule has 1 fully saturated rings. The van der Waals surface area contributed by atoms with Crippen LogP contribution in [0.1, 0.15) is 54.4 Å². The molecule has 0 aliphatic heterocycles. The minimum Gasteiger partial charge on any atom is -0.336 e. The molecule has 1 heterocycles. The van der Waals surface area contributed by atoms with E-state index in [1.807, 2.05) is 31.7 Å². The lowest BCUT2D eigenvalue weighted by atomic mass is 9.83. The summed E-state index contributed by atoms with van der Waals surface area (Å²) in [6, 6.07) is 2.10. The van der Waals surface area contributed by atoms with Crippen LogP contribution in [0.5, 0.6) is 0 Å². The zero-order chi connectivity index (χ0) is 15.4. The maximum Gasteiger partial charge on any atom is 0.256 e. The van der Waals surface area contributed by atoms with E-state index in [0.29, 0.717) is 30.3 Å². The molecule has 1 aliphatic rings. The van der Waals surface area contributed by atoms with Crippen molar-refractivity contribution < 1.29 is 4.79 Å². The van der Waals surface area contributed by atoms with Gasteiger partial charge in [0.1, 0.15) is 0 Å². The molecule has 0 bridgehead atoms. The van der Waals surface area contributed by atoms with E-state index in [4.69, 9.17) is 5.73 Å². The van der Waals surface area contributed by atoms with Gasteiger partial charge >= 0.3 is 0 Å². The second-order valence-corrected chi connectivity index (χ2v) is 5.92. The molecule has 1 aliphatic carbocycles. The number of amides is 1. The van der Waals surface area contributed by atoms with E-state index in [0.717, 1.165) is 18.5 Å². The van der Waals surface area contributed by atoms with E-state index in [2.05, 4.69) is 10.2 Å². The van der Waals surface area contributed by atoms with Crippen molar-refractivity contribution in [3.05, 3.63) is 23.0 Å². The number of carbonyl (C=O) groups excluding carboxylic acids is 1. The number of nitrogens with two attached hydrogens (primary N) is 1. The summed E-state index contributed by atoms with van der Waals surface area (Å²) in [5, 5.41) is 8.09. The minimum atomic E-state index is 0.0679. The summed E-state index contributed by atoms with van der Waals surface area (Å²) in [7, 11) is 0. The van der Waals surface area contributed by atoms with Crippen LogP contribution in [0.4, 0.5) is 0 Å². The fraction of sp³-hybridized carbons (Fsp3) is 0.688. The van der Waals surface area contributed by atoms with Gasteiger partial charge in [-0.15, -0.1) is 0 Å². The zero-order valence-corrected chi connectivity index (χ0v) is 13.3. The first-order valence-electron chi connectivity index (χ1n) is 7.90. The Morgan fingerprint density at radius 3 is 2.71 bits per heavy atom. The molecule has 0 radical (unpaired) electrons. The molecule has 21 heavy (non-hydrogen) atoms. The van der Waals surface area contributed by atoms with Crippen molar-refractivity contribution >= 4 is 5.91 Å². The van der Waals surface area contributed by atoms with Crippen molar-refractivity contribution in [1.29, 1.82) is 0 Å². The van der Waals surface area contributed by atoms with Crippen LogP contribution in [0, 0.1) is 19.8 Å². The van der Waals surface area contributed by atoms with Crippen molar-refractivity contribution in [1.82, 2.24) is 15.1 Å². The molecule has 1 aromatic rings. The standard InChI is InChI=1S/C16H26N4O/c1-4-20(15-8-6-5-7-13(15)10-17)16(21)14-9-11(2)18-19-12(14)3/h9,13,15H,4-8,10,17H2,1-3H3. The summed E-state index contributed by atoms with van der Waals surface area (Å²) in [5.41, 5.74) is 8.07. The molecule has 0 spiro atoms. The normalized spacial score (nSPS) is 22.1. The fourth-order valence-electron chi connectivity index (χ4n) is 3.32. The number of carbonyl (C=O) groups is 1. The van der Waals surface area contributed by atoms with Crippen LogP contribution in [-0.4, -0.2) is 40.1 Å². The molecule has 0 saturated heterocycles. The molecule has 116 valence electrons. The highest BCUT2D eigenvalue weighted by Crippen LogP contribution is 2.29. The molecular formula is C16H26N4O. The van der Waals surface area contributed by atoms with Gasteiger partial charge in [-0.25, -0.2) is 0 Å². The number of rotatable bonds is 4. The van der Waals surface area contributed by atoms with E-state index >= 15 is 0 Å². The van der Waals surface area contributed by atoms with Crippen molar-refractivity contribution in [2.75, 3.05) is 13.1 Å². The van der Waals surface area contributed by atoms with Gasteiger partial charge in [0, 0.05) is 12.6 Å². The summed E-state index contributed by atoms with van der Waals surface area (Å²) in [6.45, 7) is 7.11. The highest BCUT2D eigenvalue weighted by molar-refractivity contribution is 5.95. The van der Waals surface area contributed by atoms with E-state index in [1.54, 1.807) is 0 Å². The van der Waals surface area contributed by atoms with Gasteiger partial charge in [0.2, 0.25) is 0 Å². The predicted octanol–water partition coefficient (Wildman–Crippen LogP) is 2.07. The number of aryl methyl sites for hydroxylation is 2. The summed E-state index contributed by atoms with van der Waals surface area (Å²) in [6.07, 6.45) is 4.58. The molecule has 1 saturated carbocycles. The van der Waals surface area contributed by atoms with Crippen LogP contribution in [-0.2, 0) is 0 Å². The van der Waals surface area contributed by atoms with Crippen LogP contribution in [0.15, 0.2) is 6.07 Å². The van der Waals surface area contributed by atoms with Crippen LogP contribution < -0.4 is 5.73 Å². The Hall–Kier alpha value is -1.49. The van der Waals surface area contributed by atoms with E-state index < -0.39 is 0 Å². The molecule has 0 aromatic carbocycles. The molecule has 2 rings (SSSR count). The molecule has 2 N–H and O–H groups in total. The summed E-state index contributed by atoms with van der Waals surface area (Å²) >= 11 is 0. The van der Waals surface area contributed by atoms with Gasteiger partial charge in [-0.2, -0.15) is 10.2 Å². The zero-order valence-electron chi connectivity index (χ0n) is 13.3. The highest BCUT2D eigenvalue weighted by Gasteiger charge is 2.32. The first-order valence-corrected chi connectivity index (χ1v) is 7.90. The lowest BCUT2D eigenvalue weighted by Crippen LogP contribution is -2.48. The predicted molar refractivity (Wildman–Crippen MR) is 83.0 cm³/mol. The Morgan fingerprint density at radius 2 is 2.05 bits per heavy atom. The molecule has 2 unspecified atom stereocenters. The topological polar surface area (TPSA) is 72.1 Å². The first-order chi connectivity index (χ1) is 10.1. The Labute approximate surface area is 126 Å². The van der Waals surface area contributed by atoms with Crippen molar-refractivity contribution in [3.8, 4) is 0 Å². The highest BCUT2D eigenvalue weighted by atomic mass is 16.2. The van der Waals surface area contributed by atoms with Gasteiger partial charge in [-0.1, -0.05) is 12.8 Å². The van der Waals surface area contributed by atoms with Crippen LogP contribution in [0.2, 0.25) is 0 Å². The van der Waals surface area contributed by atoms with Crippen LogP contribution in [0.3, 0.4) is 0 Å². The van der Waals surface area contributed by atoms with E-state index in [9.17, 15) is 4.79 Å². The fourth-order valence-corrected chi connectivity index (χ4v) is 3.32. The second kappa shape index (κ2) is 6.98. The monoisotopic (exact) mass is 290 g/mol. The molecular weight excluding hydrogens is 264 g/mol. The van der Waals surface area contributed by atoms with Gasteiger partial charge < -0.3 is 10.6 Å². The molecule has 2 atom stereocenters. The average molecular weight is 290 g/mol. The lowest BCUT2D eigenvalue weighted by molar-refractivity contribution is 0.0558. The quantitative estimate of drug-likeness (QED) is 0.921. The first kappa shape index (κ1) is 15.9. The summed E-state index contributed by atoms with van der Waals surface area (Å²) in [4.78, 5) is 14.9. The SMILES string of the molecule is CCN(C(=O)c1cc(C)nnc1C)C1CCCCC1CN. The number of hydrogen-bond donors (Lipinski definition) is 1. The molecule has 5 heteroatoms. The summed E-state index contributed by atoms with van der Waals surface area (Å²) < 4.78 is 0. The largest absolute Gasteiger partial charge is 0.336 e. The van der Waals surface area contributed by atoms with Crippen LogP contribution >= 0.6 is 0 Å². The van der Waals surface area contributed by atoms with Crippen molar-refractivity contribution in [3.63, 3.8) is 0 Å². The summed E-state index contributed by atoms with van der Waals surface area (Å²) in [5.74, 6) is 0.484. The third-order valence-electron chi connectivity index (χ3n) is 4.50. The number of nitrogens with zero attached hydrogens (tertiary/aromatic N) is 3. The average Bonchev–Trinajstić information content (AvgIpc) is 2.50. The molecule has 5 nitrogen and oxygen atoms in total. The van der Waals surface area contributed by atoms with Crippen LogP contribution in [0.25, 0.3) is 0 Å². The third-order valence-corrected chi connectivity index (χ3v) is 4.50. The van der Waals surface area contributed by atoms with E-state index in [-0.39, 0.29) is 11.9 Å². The van der Waals surface area contributed by atoms with Crippen molar-refractivity contribution in [2.45, 2.75) is 52.5 Å². The Kier molecular flexibility index (Phi) is 5.28. The van der Waals surface area contributed by atoms with Gasteiger partial charge in [0.25, 0.3) is 5.91 Å². The lowest BCUT2D eigenvalue weighted by Gasteiger charge is -2.39. The van der Waals surface area contributed by atoms with Gasteiger partial charge in [-0.05, 0) is 52.1 Å². The van der Waals surface area contributed by atoms with Crippen molar-refractivity contribution in [2.24, 2.45) is 11.7 Å². The smallest absolute Gasteiger partial charge is 0.256 e. The number of aromatic nitrogens is 2. The molecule has 1 aromatic heterocycles. The second-order valence-electron chi connectivity index (χ2n) is 5.92. The van der Waals surface area contributed by atoms with Gasteiger partial charge in [-0.3, -0.25) is 4.79 Å². The Morgan fingerprint density at radius 1 is 1.33 bits per heavy atom. The van der Waals surface area contributed by atoms with Gasteiger partial charge in [0.15, 0.2) is 0 Å². The van der Waals surface area contributed by atoms with Gasteiger partial charge in [0.05, 0.1) is 17.0 Å². The van der Waals surface area contributed by atoms with E-state index in [1.165, 1.54) is 12.8 Å². The number of hydrogen-bond acceptors (Lipinski definition) is 4.